The molecule has 0 radical (unpaired) electrons. The van der Waals surface area contributed by atoms with Crippen molar-refractivity contribution in [2.45, 2.75) is 27.7 Å². The SMILES string of the molecule is CCOc1c2ccc(C)cc2c(OCC)c2cc(C)ccc12. The van der Waals surface area contributed by atoms with Crippen LogP contribution in [0.15, 0.2) is 36.4 Å². The molecule has 3 rings (SSSR count). The van der Waals surface area contributed by atoms with E-state index in [1.54, 1.807) is 0 Å². The second-order valence-corrected chi connectivity index (χ2v) is 5.62. The van der Waals surface area contributed by atoms with E-state index in [1.807, 2.05) is 13.8 Å². The smallest absolute Gasteiger partial charge is 0.135 e. The van der Waals surface area contributed by atoms with Gasteiger partial charge < -0.3 is 9.47 Å². The molecule has 2 nitrogen and oxygen atoms in total. The minimum atomic E-state index is 0.653. The summed E-state index contributed by atoms with van der Waals surface area (Å²) in [5.74, 6) is 1.92. The van der Waals surface area contributed by atoms with Gasteiger partial charge in [-0.05, 0) is 39.8 Å². The fourth-order valence-electron chi connectivity index (χ4n) is 2.98. The van der Waals surface area contributed by atoms with Gasteiger partial charge in [-0.2, -0.15) is 0 Å². The number of fused-ring (bicyclic) bond motifs is 2. The summed E-state index contributed by atoms with van der Waals surface area (Å²) in [7, 11) is 0. The molecule has 0 fully saturated rings. The summed E-state index contributed by atoms with van der Waals surface area (Å²) >= 11 is 0. The van der Waals surface area contributed by atoms with Crippen LogP contribution >= 0.6 is 0 Å². The fraction of sp³-hybridized carbons (Fsp3) is 0.300. The lowest BCUT2D eigenvalue weighted by molar-refractivity contribution is 0.342. The summed E-state index contributed by atoms with van der Waals surface area (Å²) in [6.07, 6.45) is 0. The van der Waals surface area contributed by atoms with Crippen LogP contribution in [-0.2, 0) is 0 Å². The van der Waals surface area contributed by atoms with Gasteiger partial charge in [0.25, 0.3) is 0 Å². The predicted octanol–water partition coefficient (Wildman–Crippen LogP) is 5.41. The molecular formula is C20H22O2. The molecule has 0 heterocycles. The quantitative estimate of drug-likeness (QED) is 0.599. The molecule has 0 saturated carbocycles. The lowest BCUT2D eigenvalue weighted by Gasteiger charge is -2.17. The summed E-state index contributed by atoms with van der Waals surface area (Å²) in [4.78, 5) is 0. The maximum Gasteiger partial charge on any atom is 0.135 e. The van der Waals surface area contributed by atoms with Gasteiger partial charge in [-0.3, -0.25) is 0 Å². The Labute approximate surface area is 131 Å². The fourth-order valence-corrected chi connectivity index (χ4v) is 2.98. The Kier molecular flexibility index (Phi) is 3.93. The molecular weight excluding hydrogens is 272 g/mol. The lowest BCUT2D eigenvalue weighted by atomic mass is 9.98. The molecule has 0 unspecified atom stereocenters. The minimum absolute atomic E-state index is 0.653. The van der Waals surface area contributed by atoms with E-state index >= 15 is 0 Å². The van der Waals surface area contributed by atoms with Gasteiger partial charge in [-0.15, -0.1) is 0 Å². The molecule has 0 aliphatic carbocycles. The van der Waals surface area contributed by atoms with E-state index in [1.165, 1.54) is 11.1 Å². The van der Waals surface area contributed by atoms with Crippen molar-refractivity contribution in [1.82, 2.24) is 0 Å². The van der Waals surface area contributed by atoms with Crippen LogP contribution < -0.4 is 9.47 Å². The third-order valence-electron chi connectivity index (χ3n) is 3.91. The molecule has 114 valence electrons. The Morgan fingerprint density at radius 2 is 1.05 bits per heavy atom. The average molecular weight is 294 g/mol. The number of hydrogen-bond donors (Lipinski definition) is 0. The highest BCUT2D eigenvalue weighted by molar-refractivity contribution is 6.11. The topological polar surface area (TPSA) is 18.5 Å². The van der Waals surface area contributed by atoms with E-state index in [9.17, 15) is 0 Å². The Morgan fingerprint density at radius 1 is 0.636 bits per heavy atom. The standard InChI is InChI=1S/C20H22O2/c1-5-21-19-15-9-7-13(3)11-17(15)20(22-6-2)18-12-14(4)8-10-16(18)19/h7-12H,5-6H2,1-4H3. The molecule has 0 spiro atoms. The summed E-state index contributed by atoms with van der Waals surface area (Å²) in [5.41, 5.74) is 2.45. The summed E-state index contributed by atoms with van der Waals surface area (Å²) in [6, 6.07) is 12.9. The van der Waals surface area contributed by atoms with E-state index in [2.05, 4.69) is 50.2 Å². The third-order valence-corrected chi connectivity index (χ3v) is 3.91. The van der Waals surface area contributed by atoms with Gasteiger partial charge >= 0.3 is 0 Å². The number of benzene rings is 3. The van der Waals surface area contributed by atoms with Crippen LogP contribution in [-0.4, -0.2) is 13.2 Å². The van der Waals surface area contributed by atoms with Gasteiger partial charge in [0.2, 0.25) is 0 Å². The molecule has 22 heavy (non-hydrogen) atoms. The van der Waals surface area contributed by atoms with Crippen molar-refractivity contribution < 1.29 is 9.47 Å². The van der Waals surface area contributed by atoms with Crippen LogP contribution in [0.3, 0.4) is 0 Å². The largest absolute Gasteiger partial charge is 0.493 e. The van der Waals surface area contributed by atoms with Crippen LogP contribution in [0, 0.1) is 13.8 Å². The Hall–Kier alpha value is -2.22. The van der Waals surface area contributed by atoms with Crippen LogP contribution in [0.5, 0.6) is 11.5 Å². The maximum absolute atomic E-state index is 6.02. The molecule has 0 bridgehead atoms. The van der Waals surface area contributed by atoms with E-state index in [-0.39, 0.29) is 0 Å². The highest BCUT2D eigenvalue weighted by Crippen LogP contribution is 2.43. The first-order chi connectivity index (χ1) is 10.7. The Morgan fingerprint density at radius 3 is 1.45 bits per heavy atom. The second-order valence-electron chi connectivity index (χ2n) is 5.62. The van der Waals surface area contributed by atoms with Crippen LogP contribution in [0.1, 0.15) is 25.0 Å². The molecule has 3 aromatic rings. The van der Waals surface area contributed by atoms with Gasteiger partial charge in [0.15, 0.2) is 0 Å². The van der Waals surface area contributed by atoms with Crippen LogP contribution in [0.25, 0.3) is 21.5 Å². The van der Waals surface area contributed by atoms with E-state index < -0.39 is 0 Å². The van der Waals surface area contributed by atoms with Crippen LogP contribution in [0.4, 0.5) is 0 Å². The zero-order valence-corrected chi connectivity index (χ0v) is 13.7. The van der Waals surface area contributed by atoms with E-state index in [4.69, 9.17) is 9.47 Å². The first-order valence-electron chi connectivity index (χ1n) is 7.88. The molecule has 0 N–H and O–H groups in total. The van der Waals surface area contributed by atoms with Crippen molar-refractivity contribution in [1.29, 1.82) is 0 Å². The first kappa shape index (κ1) is 14.7. The summed E-state index contributed by atoms with van der Waals surface area (Å²) < 4.78 is 12.0. The molecule has 0 aliphatic rings. The molecule has 0 aromatic heterocycles. The summed E-state index contributed by atoms with van der Waals surface area (Å²) in [6.45, 7) is 9.57. The number of hydrogen-bond acceptors (Lipinski definition) is 2. The van der Waals surface area contributed by atoms with Gasteiger partial charge in [0, 0.05) is 21.5 Å². The van der Waals surface area contributed by atoms with Crippen molar-refractivity contribution in [2.75, 3.05) is 13.2 Å². The van der Waals surface area contributed by atoms with Crippen molar-refractivity contribution in [3.05, 3.63) is 47.5 Å². The maximum atomic E-state index is 6.02. The van der Waals surface area contributed by atoms with Crippen molar-refractivity contribution in [3.63, 3.8) is 0 Å². The normalized spacial score (nSPS) is 11.1. The molecule has 0 saturated heterocycles. The monoisotopic (exact) mass is 294 g/mol. The second kappa shape index (κ2) is 5.88. The van der Waals surface area contributed by atoms with Gasteiger partial charge in [-0.25, -0.2) is 0 Å². The Balaban J connectivity index is 2.51. The lowest BCUT2D eigenvalue weighted by Crippen LogP contribution is -1.99. The average Bonchev–Trinajstić information content (AvgIpc) is 2.50. The predicted molar refractivity (Wildman–Crippen MR) is 93.3 cm³/mol. The molecule has 3 aromatic carbocycles. The molecule has 2 heteroatoms. The molecule has 0 atom stereocenters. The highest BCUT2D eigenvalue weighted by atomic mass is 16.5. The van der Waals surface area contributed by atoms with E-state index in [0.29, 0.717) is 13.2 Å². The van der Waals surface area contributed by atoms with Crippen molar-refractivity contribution >= 4 is 21.5 Å². The zero-order chi connectivity index (χ0) is 15.7. The highest BCUT2D eigenvalue weighted by Gasteiger charge is 2.16. The van der Waals surface area contributed by atoms with Gasteiger partial charge in [0.1, 0.15) is 11.5 Å². The first-order valence-corrected chi connectivity index (χ1v) is 7.88. The zero-order valence-electron chi connectivity index (χ0n) is 13.7. The molecule has 0 amide bonds. The van der Waals surface area contributed by atoms with Crippen molar-refractivity contribution in [3.8, 4) is 11.5 Å². The van der Waals surface area contributed by atoms with Gasteiger partial charge in [-0.1, -0.05) is 35.4 Å². The number of ether oxygens (including phenoxy) is 2. The van der Waals surface area contributed by atoms with Crippen LogP contribution in [0.2, 0.25) is 0 Å². The number of rotatable bonds is 4. The van der Waals surface area contributed by atoms with Gasteiger partial charge in [0.05, 0.1) is 13.2 Å². The van der Waals surface area contributed by atoms with E-state index in [0.717, 1.165) is 33.0 Å². The Bertz CT molecular complexity index is 771. The third kappa shape index (κ3) is 2.39. The van der Waals surface area contributed by atoms with Crippen molar-refractivity contribution in [2.24, 2.45) is 0 Å². The summed E-state index contributed by atoms with van der Waals surface area (Å²) in [5, 5.41) is 4.49. The number of aryl methyl sites for hydroxylation is 2. The minimum Gasteiger partial charge on any atom is -0.493 e. The molecule has 0 aliphatic heterocycles.